The first-order chi connectivity index (χ1) is 11.1. The Hall–Kier alpha value is -2.17. The van der Waals surface area contributed by atoms with Gasteiger partial charge >= 0.3 is 0 Å². The minimum absolute atomic E-state index is 0.0108. The summed E-state index contributed by atoms with van der Waals surface area (Å²) in [5.74, 6) is -0.0640. The van der Waals surface area contributed by atoms with Gasteiger partial charge < -0.3 is 4.90 Å². The van der Waals surface area contributed by atoms with Gasteiger partial charge in [0.05, 0.1) is 5.69 Å². The van der Waals surface area contributed by atoms with Crippen LogP contribution in [0.2, 0.25) is 0 Å². The summed E-state index contributed by atoms with van der Waals surface area (Å²) in [5.41, 5.74) is 2.24. The normalized spacial score (nSPS) is 22.1. The highest BCUT2D eigenvalue weighted by atomic mass is 16.2. The van der Waals surface area contributed by atoms with Gasteiger partial charge in [0.1, 0.15) is 5.71 Å². The molecule has 1 aromatic rings. The lowest BCUT2D eigenvalue weighted by Crippen LogP contribution is -2.47. The molecule has 122 valence electrons. The number of hydrogen-bond donors (Lipinski definition) is 0. The summed E-state index contributed by atoms with van der Waals surface area (Å²) in [7, 11) is 0. The highest BCUT2D eigenvalue weighted by Crippen LogP contribution is 2.25. The van der Waals surface area contributed by atoms with Crippen LogP contribution in [0.3, 0.4) is 0 Å². The second kappa shape index (κ2) is 6.52. The Labute approximate surface area is 137 Å². The summed E-state index contributed by atoms with van der Waals surface area (Å²) in [5, 5.41) is 5.82. The van der Waals surface area contributed by atoms with Gasteiger partial charge in [0.25, 0.3) is 5.91 Å². The van der Waals surface area contributed by atoms with Crippen molar-refractivity contribution in [2.45, 2.75) is 52.0 Å². The zero-order valence-electron chi connectivity index (χ0n) is 13.8. The van der Waals surface area contributed by atoms with Crippen LogP contribution in [0.5, 0.6) is 0 Å². The van der Waals surface area contributed by atoms with E-state index in [4.69, 9.17) is 0 Å². The predicted molar refractivity (Wildman–Crippen MR) is 90.4 cm³/mol. The Balaban J connectivity index is 1.88. The van der Waals surface area contributed by atoms with Crippen LogP contribution in [0.25, 0.3) is 0 Å². The second-order valence-corrected chi connectivity index (χ2v) is 6.38. The molecule has 1 atom stereocenters. The number of nitrogens with zero attached hydrogens (tertiary/aromatic N) is 3. The summed E-state index contributed by atoms with van der Waals surface area (Å²) in [6.45, 7) is 4.82. The predicted octanol–water partition coefficient (Wildman–Crippen LogP) is 2.88. The molecule has 5 heteroatoms. The molecule has 2 heterocycles. The van der Waals surface area contributed by atoms with Crippen molar-refractivity contribution in [3.05, 3.63) is 29.8 Å². The van der Waals surface area contributed by atoms with Crippen LogP contribution in [0.15, 0.2) is 29.4 Å². The molecule has 0 unspecified atom stereocenters. The largest absolute Gasteiger partial charge is 0.335 e. The molecule has 2 amide bonds. The molecule has 0 bridgehead atoms. The Morgan fingerprint density at radius 3 is 2.74 bits per heavy atom. The van der Waals surface area contributed by atoms with Crippen LogP contribution < -0.4 is 5.01 Å². The second-order valence-electron chi connectivity index (χ2n) is 6.38. The van der Waals surface area contributed by atoms with Gasteiger partial charge in [-0.15, -0.1) is 0 Å². The molecule has 1 aromatic carbocycles. The maximum absolute atomic E-state index is 12.8. The number of carbonyl (C=O) groups is 2. The fraction of sp³-hybridized carbons (Fsp3) is 0.500. The van der Waals surface area contributed by atoms with Crippen LogP contribution in [0.4, 0.5) is 5.69 Å². The topological polar surface area (TPSA) is 53.0 Å². The number of aryl methyl sites for hydroxylation is 1. The Kier molecular flexibility index (Phi) is 4.46. The lowest BCUT2D eigenvalue weighted by atomic mass is 10.0. The Bertz CT molecular complexity index is 653. The lowest BCUT2D eigenvalue weighted by Gasteiger charge is -2.34. The highest BCUT2D eigenvalue weighted by molar-refractivity contribution is 6.40. The average Bonchev–Trinajstić information content (AvgIpc) is 2.56. The van der Waals surface area contributed by atoms with Crippen molar-refractivity contribution in [3.63, 3.8) is 0 Å². The first-order valence-corrected chi connectivity index (χ1v) is 8.35. The number of benzene rings is 1. The molecule has 3 rings (SSSR count). The summed E-state index contributed by atoms with van der Waals surface area (Å²) in [4.78, 5) is 26.9. The van der Waals surface area contributed by atoms with Crippen LogP contribution >= 0.6 is 0 Å². The number of amides is 2. The molecule has 0 aliphatic carbocycles. The minimum Gasteiger partial charge on any atom is -0.335 e. The lowest BCUT2D eigenvalue weighted by molar-refractivity contribution is -0.127. The van der Waals surface area contributed by atoms with E-state index in [-0.39, 0.29) is 17.9 Å². The van der Waals surface area contributed by atoms with Crippen molar-refractivity contribution < 1.29 is 9.59 Å². The number of hydrazone groups is 1. The number of anilines is 1. The minimum atomic E-state index is -0.0532. The maximum Gasteiger partial charge on any atom is 0.270 e. The first kappa shape index (κ1) is 15.7. The van der Waals surface area contributed by atoms with Gasteiger partial charge in [-0.25, -0.2) is 5.01 Å². The third kappa shape index (κ3) is 3.14. The molecule has 0 saturated carbocycles. The Morgan fingerprint density at radius 2 is 2.00 bits per heavy atom. The molecule has 5 nitrogen and oxygen atoms in total. The van der Waals surface area contributed by atoms with Gasteiger partial charge in [-0.2, -0.15) is 5.10 Å². The third-order valence-corrected chi connectivity index (χ3v) is 4.69. The molecule has 0 aromatic heterocycles. The average molecular weight is 313 g/mol. The fourth-order valence-corrected chi connectivity index (χ4v) is 3.26. The summed E-state index contributed by atoms with van der Waals surface area (Å²) >= 11 is 0. The van der Waals surface area contributed by atoms with Gasteiger partial charge in [-0.05, 0) is 44.7 Å². The molecule has 23 heavy (non-hydrogen) atoms. The standard InChI is InChI=1S/C18H23N3O2/c1-13-7-3-4-9-16(13)21-17(22)11-10-15(19-21)18(23)20-12-6-5-8-14(20)2/h3-4,7,9,14H,5-6,8,10-12H2,1-2H3/t14-/m1/s1. The van der Waals surface area contributed by atoms with Gasteiger partial charge in [-0.3, -0.25) is 9.59 Å². The molecule has 0 radical (unpaired) electrons. The van der Waals surface area contributed by atoms with Crippen LogP contribution in [0, 0.1) is 6.92 Å². The van der Waals surface area contributed by atoms with Gasteiger partial charge in [0.15, 0.2) is 0 Å². The highest BCUT2D eigenvalue weighted by Gasteiger charge is 2.31. The van der Waals surface area contributed by atoms with E-state index >= 15 is 0 Å². The molecule has 0 N–H and O–H groups in total. The number of piperidine rings is 1. The zero-order chi connectivity index (χ0) is 16.4. The number of hydrogen-bond acceptors (Lipinski definition) is 3. The van der Waals surface area contributed by atoms with Crippen molar-refractivity contribution in [2.75, 3.05) is 11.6 Å². The van der Waals surface area contributed by atoms with E-state index in [2.05, 4.69) is 12.0 Å². The van der Waals surface area contributed by atoms with E-state index in [9.17, 15) is 9.59 Å². The quantitative estimate of drug-likeness (QED) is 0.843. The van der Waals surface area contributed by atoms with Crippen LogP contribution in [0.1, 0.15) is 44.6 Å². The summed E-state index contributed by atoms with van der Waals surface area (Å²) < 4.78 is 0. The maximum atomic E-state index is 12.8. The first-order valence-electron chi connectivity index (χ1n) is 8.35. The van der Waals surface area contributed by atoms with Gasteiger partial charge in [0.2, 0.25) is 5.91 Å². The molecular weight excluding hydrogens is 290 g/mol. The number of carbonyl (C=O) groups excluding carboxylic acids is 2. The number of rotatable bonds is 2. The Morgan fingerprint density at radius 1 is 1.22 bits per heavy atom. The van der Waals surface area contributed by atoms with E-state index in [0.717, 1.165) is 30.6 Å². The monoisotopic (exact) mass is 313 g/mol. The van der Waals surface area contributed by atoms with Crippen molar-refractivity contribution in [1.29, 1.82) is 0 Å². The molecule has 1 saturated heterocycles. The zero-order valence-corrected chi connectivity index (χ0v) is 13.8. The molecule has 2 aliphatic rings. The fourth-order valence-electron chi connectivity index (χ4n) is 3.26. The van der Waals surface area contributed by atoms with E-state index in [1.165, 1.54) is 11.4 Å². The van der Waals surface area contributed by atoms with E-state index in [0.29, 0.717) is 18.6 Å². The SMILES string of the molecule is Cc1ccccc1N1N=C(C(=O)N2CCCC[C@H]2C)CCC1=O. The van der Waals surface area contributed by atoms with Crippen molar-refractivity contribution >= 4 is 23.2 Å². The van der Waals surface area contributed by atoms with Crippen LogP contribution in [-0.4, -0.2) is 35.0 Å². The summed E-state index contributed by atoms with van der Waals surface area (Å²) in [6, 6.07) is 7.88. The molecule has 1 fully saturated rings. The van der Waals surface area contributed by atoms with Gasteiger partial charge in [0, 0.05) is 25.4 Å². The van der Waals surface area contributed by atoms with E-state index in [1.807, 2.05) is 36.1 Å². The number of likely N-dealkylation sites (tertiary alicyclic amines) is 1. The summed E-state index contributed by atoms with van der Waals surface area (Å²) in [6.07, 6.45) is 4.03. The smallest absolute Gasteiger partial charge is 0.270 e. The van der Waals surface area contributed by atoms with E-state index < -0.39 is 0 Å². The van der Waals surface area contributed by atoms with Crippen molar-refractivity contribution in [2.24, 2.45) is 5.10 Å². The molecule has 2 aliphatic heterocycles. The molecular formula is C18H23N3O2. The van der Waals surface area contributed by atoms with Crippen molar-refractivity contribution in [1.82, 2.24) is 4.90 Å². The third-order valence-electron chi connectivity index (χ3n) is 4.69. The van der Waals surface area contributed by atoms with E-state index in [1.54, 1.807) is 0 Å². The molecule has 0 spiro atoms. The van der Waals surface area contributed by atoms with Crippen molar-refractivity contribution in [3.8, 4) is 0 Å². The van der Waals surface area contributed by atoms with Gasteiger partial charge in [-0.1, -0.05) is 18.2 Å². The van der Waals surface area contributed by atoms with Crippen LogP contribution in [-0.2, 0) is 9.59 Å². The number of para-hydroxylation sites is 1.